The highest BCUT2D eigenvalue weighted by Crippen LogP contribution is 2.40. The van der Waals surface area contributed by atoms with Crippen LogP contribution < -0.4 is 10.6 Å². The van der Waals surface area contributed by atoms with Gasteiger partial charge in [0.05, 0.1) is 0 Å². The summed E-state index contributed by atoms with van der Waals surface area (Å²) < 4.78 is 41.2. The molecule has 1 rings (SSSR count). The molecule has 1 unspecified atom stereocenters. The number of imidazole rings is 1. The van der Waals surface area contributed by atoms with Gasteiger partial charge < -0.3 is 20.3 Å². The van der Waals surface area contributed by atoms with E-state index in [0.29, 0.717) is 19.0 Å². The molecule has 10 heteroatoms. The number of hydrogen-bond donors (Lipinski definition) is 3. The number of nitrogens with zero attached hydrogens (tertiary/aromatic N) is 3. The molecule has 1 aromatic heterocycles. The van der Waals surface area contributed by atoms with Gasteiger partial charge in [0, 0.05) is 45.5 Å². The lowest BCUT2D eigenvalue weighted by Crippen LogP contribution is -2.48. The third kappa shape index (κ3) is 5.80. The highest BCUT2D eigenvalue weighted by Gasteiger charge is 2.57. The van der Waals surface area contributed by atoms with E-state index >= 15 is 0 Å². The summed E-state index contributed by atoms with van der Waals surface area (Å²) in [5.41, 5.74) is -3.01. The van der Waals surface area contributed by atoms with E-state index in [1.54, 1.807) is 0 Å². The van der Waals surface area contributed by atoms with Crippen LogP contribution in [0.1, 0.15) is 32.5 Å². The molecular weight excluding hydrogens is 438 g/mol. The van der Waals surface area contributed by atoms with E-state index in [-0.39, 0.29) is 30.5 Å². The Hall–Kier alpha value is -1.04. The summed E-state index contributed by atoms with van der Waals surface area (Å²) >= 11 is 0. The first-order chi connectivity index (χ1) is 10.8. The fourth-order valence-electron chi connectivity index (χ4n) is 2.07. The number of guanidine groups is 1. The summed E-state index contributed by atoms with van der Waals surface area (Å²) in [4.78, 5) is 7.86. The minimum Gasteiger partial charge on any atom is -0.374 e. The SMILES string of the molecule is CCCN=C(NCC)NCCC(O)(c1nccn1C)C(F)(F)F.I. The number of rotatable bonds is 7. The molecule has 0 saturated carbocycles. The van der Waals surface area contributed by atoms with E-state index in [1.165, 1.54) is 24.0 Å². The van der Waals surface area contributed by atoms with Crippen molar-refractivity contribution in [1.29, 1.82) is 0 Å². The maximum Gasteiger partial charge on any atom is 0.424 e. The highest BCUT2D eigenvalue weighted by molar-refractivity contribution is 14.0. The number of aliphatic imine (C=N–C) groups is 1. The van der Waals surface area contributed by atoms with Crippen molar-refractivity contribution < 1.29 is 18.3 Å². The van der Waals surface area contributed by atoms with Gasteiger partial charge in [-0.2, -0.15) is 13.2 Å². The van der Waals surface area contributed by atoms with Crippen LogP contribution in [0.15, 0.2) is 17.4 Å². The van der Waals surface area contributed by atoms with Gasteiger partial charge in [-0.15, -0.1) is 24.0 Å². The fraction of sp³-hybridized carbons (Fsp3) is 0.714. The standard InChI is InChI=1S/C14H24F3N5O.HI/c1-4-7-20-12(18-5-2)21-8-6-13(23,14(15,16)17)11-19-9-10-22(11)3;/h9-10,23H,4-8H2,1-3H3,(H2,18,20,21);1H. The molecule has 0 amide bonds. The van der Waals surface area contributed by atoms with Gasteiger partial charge in [-0.05, 0) is 13.3 Å². The van der Waals surface area contributed by atoms with E-state index in [2.05, 4.69) is 20.6 Å². The number of alkyl halides is 3. The van der Waals surface area contributed by atoms with Crippen molar-refractivity contribution in [2.75, 3.05) is 19.6 Å². The van der Waals surface area contributed by atoms with Crippen molar-refractivity contribution in [3.8, 4) is 0 Å². The zero-order chi connectivity index (χ0) is 17.5. The molecule has 1 heterocycles. The number of aryl methyl sites for hydroxylation is 1. The summed E-state index contributed by atoms with van der Waals surface area (Å²) in [7, 11) is 1.42. The van der Waals surface area contributed by atoms with E-state index in [0.717, 1.165) is 6.42 Å². The Balaban J connectivity index is 0.00000529. The maximum atomic E-state index is 13.3. The first-order valence-corrected chi connectivity index (χ1v) is 7.55. The number of hydrogen-bond acceptors (Lipinski definition) is 3. The van der Waals surface area contributed by atoms with E-state index < -0.39 is 24.0 Å². The van der Waals surface area contributed by atoms with Gasteiger partial charge in [0.25, 0.3) is 0 Å². The number of aliphatic hydroxyl groups is 1. The molecule has 0 fully saturated rings. The van der Waals surface area contributed by atoms with Crippen molar-refractivity contribution in [2.24, 2.45) is 12.0 Å². The summed E-state index contributed by atoms with van der Waals surface area (Å²) in [6.07, 6.45) is -1.97. The van der Waals surface area contributed by atoms with Crippen LogP contribution in [-0.4, -0.2) is 46.4 Å². The summed E-state index contributed by atoms with van der Waals surface area (Å²) in [6.45, 7) is 4.88. The van der Waals surface area contributed by atoms with Crippen LogP contribution in [0.3, 0.4) is 0 Å². The van der Waals surface area contributed by atoms with Crippen molar-refractivity contribution in [3.63, 3.8) is 0 Å². The molecule has 1 atom stereocenters. The first-order valence-electron chi connectivity index (χ1n) is 7.55. The summed E-state index contributed by atoms with van der Waals surface area (Å²) in [6, 6.07) is 0. The molecule has 0 aromatic carbocycles. The van der Waals surface area contributed by atoms with Gasteiger partial charge in [0.1, 0.15) is 5.82 Å². The van der Waals surface area contributed by atoms with Gasteiger partial charge in [0.15, 0.2) is 5.96 Å². The summed E-state index contributed by atoms with van der Waals surface area (Å²) in [5.74, 6) is 0.000937. The van der Waals surface area contributed by atoms with Crippen LogP contribution in [-0.2, 0) is 12.6 Å². The number of nitrogens with one attached hydrogen (secondary N) is 2. The maximum absolute atomic E-state index is 13.3. The van der Waals surface area contributed by atoms with E-state index in [1.807, 2.05) is 13.8 Å². The average Bonchev–Trinajstić information content (AvgIpc) is 2.90. The Morgan fingerprint density at radius 3 is 2.46 bits per heavy atom. The molecule has 0 aliphatic rings. The van der Waals surface area contributed by atoms with Crippen LogP contribution >= 0.6 is 24.0 Å². The van der Waals surface area contributed by atoms with Crippen LogP contribution in [0.4, 0.5) is 13.2 Å². The second-order valence-corrected chi connectivity index (χ2v) is 5.16. The van der Waals surface area contributed by atoms with Crippen LogP contribution in [0, 0.1) is 0 Å². The van der Waals surface area contributed by atoms with Crippen LogP contribution in [0.5, 0.6) is 0 Å². The van der Waals surface area contributed by atoms with E-state index in [4.69, 9.17) is 0 Å². The topological polar surface area (TPSA) is 74.5 Å². The number of aromatic nitrogens is 2. The second kappa shape index (κ2) is 10.1. The molecule has 1 aromatic rings. The predicted octanol–water partition coefficient (Wildman–Crippen LogP) is 2.14. The zero-order valence-corrected chi connectivity index (χ0v) is 16.4. The molecule has 6 nitrogen and oxygen atoms in total. The predicted molar refractivity (Wildman–Crippen MR) is 97.5 cm³/mol. The van der Waals surface area contributed by atoms with E-state index in [9.17, 15) is 18.3 Å². The molecule has 140 valence electrons. The normalized spacial score (nSPS) is 14.7. The smallest absolute Gasteiger partial charge is 0.374 e. The third-order valence-corrected chi connectivity index (χ3v) is 3.28. The highest BCUT2D eigenvalue weighted by atomic mass is 127. The first kappa shape index (κ1) is 23.0. The molecule has 0 aliphatic carbocycles. The largest absolute Gasteiger partial charge is 0.424 e. The van der Waals surface area contributed by atoms with Crippen molar-refractivity contribution in [1.82, 2.24) is 20.2 Å². The molecular formula is C14H25F3IN5O. The van der Waals surface area contributed by atoms with Gasteiger partial charge in [-0.3, -0.25) is 4.99 Å². The van der Waals surface area contributed by atoms with Gasteiger partial charge in [-0.1, -0.05) is 6.92 Å². The summed E-state index contributed by atoms with van der Waals surface area (Å²) in [5, 5.41) is 15.9. The molecule has 3 N–H and O–H groups in total. The molecule has 24 heavy (non-hydrogen) atoms. The van der Waals surface area contributed by atoms with Crippen LogP contribution in [0.2, 0.25) is 0 Å². The Labute approximate surface area is 157 Å². The van der Waals surface area contributed by atoms with Crippen LogP contribution in [0.25, 0.3) is 0 Å². The fourth-order valence-corrected chi connectivity index (χ4v) is 2.07. The van der Waals surface area contributed by atoms with Crippen molar-refractivity contribution >= 4 is 29.9 Å². The molecule has 0 aliphatic heterocycles. The van der Waals surface area contributed by atoms with Gasteiger partial charge in [-0.25, -0.2) is 4.98 Å². The Bertz CT molecular complexity index is 521. The molecule has 0 spiro atoms. The Kier molecular flexibility index (Phi) is 9.63. The molecule has 0 radical (unpaired) electrons. The monoisotopic (exact) mass is 463 g/mol. The third-order valence-electron chi connectivity index (χ3n) is 3.28. The van der Waals surface area contributed by atoms with Crippen molar-refractivity contribution in [3.05, 3.63) is 18.2 Å². The van der Waals surface area contributed by atoms with Gasteiger partial charge in [0.2, 0.25) is 5.60 Å². The lowest BCUT2D eigenvalue weighted by Gasteiger charge is -2.30. The Morgan fingerprint density at radius 1 is 1.33 bits per heavy atom. The molecule has 0 bridgehead atoms. The lowest BCUT2D eigenvalue weighted by molar-refractivity contribution is -0.272. The Morgan fingerprint density at radius 2 is 2.00 bits per heavy atom. The minimum absolute atomic E-state index is 0. The quantitative estimate of drug-likeness (QED) is 0.329. The van der Waals surface area contributed by atoms with Gasteiger partial charge >= 0.3 is 6.18 Å². The second-order valence-electron chi connectivity index (χ2n) is 5.16. The average molecular weight is 463 g/mol. The minimum atomic E-state index is -4.83. The molecule has 0 saturated heterocycles. The lowest BCUT2D eigenvalue weighted by atomic mass is 9.97. The zero-order valence-electron chi connectivity index (χ0n) is 14.0. The number of halogens is 4. The van der Waals surface area contributed by atoms with Crippen molar-refractivity contribution in [2.45, 2.75) is 38.5 Å².